The summed E-state index contributed by atoms with van der Waals surface area (Å²) in [4.78, 5) is 13.6. The maximum Gasteiger partial charge on any atom is 0.245 e. The van der Waals surface area contributed by atoms with Crippen LogP contribution in [0.25, 0.3) is 0 Å². The van der Waals surface area contributed by atoms with Crippen molar-refractivity contribution in [1.29, 1.82) is 5.26 Å². The molecular formula is C16H14N4O. The van der Waals surface area contributed by atoms with Crippen molar-refractivity contribution in [2.75, 3.05) is 17.3 Å². The maximum atomic E-state index is 11.6. The Labute approximate surface area is 122 Å². The molecule has 1 heterocycles. The summed E-state index contributed by atoms with van der Waals surface area (Å²) < 4.78 is 0. The highest BCUT2D eigenvalue weighted by atomic mass is 16.2. The normalized spacial score (nSPS) is 16.0. The lowest BCUT2D eigenvalue weighted by Gasteiger charge is -2.20. The van der Waals surface area contributed by atoms with Crippen molar-refractivity contribution in [3.8, 4) is 6.07 Å². The number of nitrogens with zero attached hydrogens (tertiary/aromatic N) is 2. The van der Waals surface area contributed by atoms with Gasteiger partial charge in [-0.25, -0.2) is 0 Å². The monoisotopic (exact) mass is 278 g/mol. The first-order chi connectivity index (χ1) is 10.1. The van der Waals surface area contributed by atoms with Gasteiger partial charge in [0.25, 0.3) is 0 Å². The summed E-state index contributed by atoms with van der Waals surface area (Å²) in [5.41, 5.74) is 9.90. The fraction of sp³-hybridized carbons (Fsp3) is 0.125. The Morgan fingerprint density at radius 1 is 1.19 bits per heavy atom. The number of nitrogens with one attached hydrogen (secondary N) is 1. The molecule has 0 saturated carbocycles. The van der Waals surface area contributed by atoms with Crippen LogP contribution in [0.1, 0.15) is 17.2 Å². The van der Waals surface area contributed by atoms with Crippen LogP contribution in [0.3, 0.4) is 0 Å². The Morgan fingerprint density at radius 3 is 2.52 bits per heavy atom. The van der Waals surface area contributed by atoms with Crippen molar-refractivity contribution in [3.63, 3.8) is 0 Å². The predicted octanol–water partition coefficient (Wildman–Crippen LogP) is 2.28. The molecule has 0 bridgehead atoms. The number of rotatable bonds is 2. The third kappa shape index (κ3) is 2.22. The lowest BCUT2D eigenvalue weighted by Crippen LogP contribution is -2.19. The molecule has 1 aliphatic rings. The third-order valence-corrected chi connectivity index (χ3v) is 3.68. The number of hydrogen-bond acceptors (Lipinski definition) is 4. The van der Waals surface area contributed by atoms with Crippen LogP contribution in [-0.2, 0) is 4.79 Å². The third-order valence-electron chi connectivity index (χ3n) is 3.68. The highest BCUT2D eigenvalue weighted by Gasteiger charge is 2.27. The van der Waals surface area contributed by atoms with Gasteiger partial charge in [0.05, 0.1) is 11.6 Å². The average Bonchev–Trinajstić information content (AvgIpc) is 2.81. The first kappa shape index (κ1) is 13.2. The number of benzene rings is 2. The molecule has 0 aliphatic carbocycles. The van der Waals surface area contributed by atoms with E-state index < -0.39 is 6.04 Å². The molecule has 0 aromatic heterocycles. The van der Waals surface area contributed by atoms with Crippen LogP contribution in [0.2, 0.25) is 0 Å². The maximum absolute atomic E-state index is 11.6. The van der Waals surface area contributed by atoms with E-state index in [4.69, 9.17) is 11.0 Å². The van der Waals surface area contributed by atoms with Gasteiger partial charge in [0.1, 0.15) is 6.04 Å². The molecule has 0 spiro atoms. The van der Waals surface area contributed by atoms with E-state index >= 15 is 0 Å². The molecule has 5 heteroatoms. The molecule has 3 rings (SSSR count). The molecule has 5 nitrogen and oxygen atoms in total. The van der Waals surface area contributed by atoms with Gasteiger partial charge < -0.3 is 16.0 Å². The van der Waals surface area contributed by atoms with Crippen LogP contribution in [0.4, 0.5) is 17.1 Å². The first-order valence-electron chi connectivity index (χ1n) is 6.54. The molecule has 1 unspecified atom stereocenters. The molecule has 21 heavy (non-hydrogen) atoms. The Bertz CT molecular complexity index is 746. The number of amides is 1. The van der Waals surface area contributed by atoms with Crippen molar-refractivity contribution in [2.45, 2.75) is 6.04 Å². The van der Waals surface area contributed by atoms with E-state index in [1.807, 2.05) is 42.3 Å². The lowest BCUT2D eigenvalue weighted by atomic mass is 10.1. The Balaban J connectivity index is 1.92. The minimum absolute atomic E-state index is 0.178. The fourth-order valence-electron chi connectivity index (χ4n) is 2.39. The fourth-order valence-corrected chi connectivity index (χ4v) is 2.39. The van der Waals surface area contributed by atoms with Crippen molar-refractivity contribution >= 4 is 23.0 Å². The standard InChI is InChI=1S/C16H14N4O/c1-20(11-4-2-10(9-17)3-5-11)12-6-7-13-14(8-12)19-16(21)15(13)18/h2-8,15H,18H2,1H3,(H,19,21). The second-order valence-corrected chi connectivity index (χ2v) is 4.96. The molecular weight excluding hydrogens is 264 g/mol. The van der Waals surface area contributed by atoms with E-state index in [0.29, 0.717) is 5.56 Å². The predicted molar refractivity (Wildman–Crippen MR) is 81.2 cm³/mol. The molecule has 2 aromatic carbocycles. The molecule has 0 saturated heterocycles. The molecule has 1 atom stereocenters. The Hall–Kier alpha value is -2.84. The highest BCUT2D eigenvalue weighted by molar-refractivity contribution is 6.03. The summed E-state index contributed by atoms with van der Waals surface area (Å²) >= 11 is 0. The van der Waals surface area contributed by atoms with Gasteiger partial charge in [0.2, 0.25) is 5.91 Å². The van der Waals surface area contributed by atoms with E-state index in [1.165, 1.54) is 0 Å². The van der Waals surface area contributed by atoms with Crippen LogP contribution in [0.15, 0.2) is 42.5 Å². The zero-order valence-corrected chi connectivity index (χ0v) is 11.5. The SMILES string of the molecule is CN(c1ccc(C#N)cc1)c1ccc2c(c1)NC(=O)C2N. The summed E-state index contributed by atoms with van der Waals surface area (Å²) in [5, 5.41) is 11.6. The quantitative estimate of drug-likeness (QED) is 0.883. The molecule has 1 aliphatic heterocycles. The van der Waals surface area contributed by atoms with Crippen molar-refractivity contribution < 1.29 is 4.79 Å². The molecule has 1 amide bonds. The molecule has 3 N–H and O–H groups in total. The molecule has 2 aromatic rings. The van der Waals surface area contributed by atoms with Gasteiger partial charge in [-0.05, 0) is 36.4 Å². The zero-order valence-electron chi connectivity index (χ0n) is 11.5. The number of carbonyl (C=O) groups excluding carboxylic acids is 1. The van der Waals surface area contributed by atoms with Crippen LogP contribution in [-0.4, -0.2) is 13.0 Å². The van der Waals surface area contributed by atoms with Crippen LogP contribution in [0.5, 0.6) is 0 Å². The van der Waals surface area contributed by atoms with Gasteiger partial charge in [0.15, 0.2) is 0 Å². The second kappa shape index (κ2) is 4.93. The van der Waals surface area contributed by atoms with Crippen molar-refractivity contribution in [1.82, 2.24) is 0 Å². The Kier molecular flexibility index (Phi) is 3.09. The minimum atomic E-state index is -0.589. The van der Waals surface area contributed by atoms with Gasteiger partial charge in [0, 0.05) is 29.7 Å². The first-order valence-corrected chi connectivity index (χ1v) is 6.54. The summed E-state index contributed by atoms with van der Waals surface area (Å²) in [7, 11) is 1.93. The Morgan fingerprint density at radius 2 is 1.86 bits per heavy atom. The summed E-state index contributed by atoms with van der Waals surface area (Å²) in [5.74, 6) is -0.178. The summed E-state index contributed by atoms with van der Waals surface area (Å²) in [6.07, 6.45) is 0. The lowest BCUT2D eigenvalue weighted by molar-refractivity contribution is -0.116. The van der Waals surface area contributed by atoms with Crippen molar-refractivity contribution in [2.24, 2.45) is 5.73 Å². The van der Waals surface area contributed by atoms with Gasteiger partial charge >= 0.3 is 0 Å². The van der Waals surface area contributed by atoms with Crippen LogP contribution >= 0.6 is 0 Å². The number of anilines is 3. The van der Waals surface area contributed by atoms with Gasteiger partial charge in [-0.2, -0.15) is 5.26 Å². The number of nitrogens with two attached hydrogens (primary N) is 1. The summed E-state index contributed by atoms with van der Waals surface area (Å²) in [6, 6.07) is 14.5. The van der Waals surface area contributed by atoms with Gasteiger partial charge in [-0.15, -0.1) is 0 Å². The van der Waals surface area contributed by atoms with Crippen LogP contribution < -0.4 is 16.0 Å². The number of carbonyl (C=O) groups is 1. The molecule has 0 radical (unpaired) electrons. The van der Waals surface area contributed by atoms with Gasteiger partial charge in [-0.1, -0.05) is 6.07 Å². The number of hydrogen-bond donors (Lipinski definition) is 2. The molecule has 0 fully saturated rings. The second-order valence-electron chi connectivity index (χ2n) is 4.96. The van der Waals surface area contributed by atoms with E-state index in [1.54, 1.807) is 12.1 Å². The van der Waals surface area contributed by atoms with Gasteiger partial charge in [-0.3, -0.25) is 4.79 Å². The smallest absolute Gasteiger partial charge is 0.245 e. The van der Waals surface area contributed by atoms with E-state index in [-0.39, 0.29) is 5.91 Å². The zero-order chi connectivity index (χ0) is 15.0. The van der Waals surface area contributed by atoms with Crippen molar-refractivity contribution in [3.05, 3.63) is 53.6 Å². The average molecular weight is 278 g/mol. The minimum Gasteiger partial charge on any atom is -0.345 e. The van der Waals surface area contributed by atoms with E-state index in [0.717, 1.165) is 22.6 Å². The molecule has 104 valence electrons. The summed E-state index contributed by atoms with van der Waals surface area (Å²) in [6.45, 7) is 0. The van der Waals surface area contributed by atoms with E-state index in [2.05, 4.69) is 11.4 Å². The van der Waals surface area contributed by atoms with E-state index in [9.17, 15) is 4.79 Å². The number of fused-ring (bicyclic) bond motifs is 1. The topological polar surface area (TPSA) is 82.2 Å². The van der Waals surface area contributed by atoms with Crippen LogP contribution in [0, 0.1) is 11.3 Å². The highest BCUT2D eigenvalue weighted by Crippen LogP contribution is 2.34. The largest absolute Gasteiger partial charge is 0.345 e. The number of nitriles is 1.